The van der Waals surface area contributed by atoms with Crippen LogP contribution < -0.4 is 4.90 Å². The highest BCUT2D eigenvalue weighted by molar-refractivity contribution is 7.92. The number of amides is 1. The molecule has 4 aliphatic rings. The van der Waals surface area contributed by atoms with E-state index >= 15 is 0 Å². The van der Waals surface area contributed by atoms with E-state index in [9.17, 15) is 13.2 Å². The molecule has 3 heterocycles. The second kappa shape index (κ2) is 9.31. The first kappa shape index (κ1) is 22.7. The van der Waals surface area contributed by atoms with Crippen molar-refractivity contribution in [2.24, 2.45) is 0 Å². The van der Waals surface area contributed by atoms with Gasteiger partial charge in [-0.3, -0.25) is 4.90 Å². The number of piperidine rings is 1. The normalized spacial score (nSPS) is 21.5. The Bertz CT molecular complexity index is 1210. The lowest BCUT2D eigenvalue weighted by molar-refractivity contribution is 0.135. The first-order valence-electron chi connectivity index (χ1n) is 11.6. The third-order valence-electron chi connectivity index (χ3n) is 6.59. The highest BCUT2D eigenvalue weighted by Gasteiger charge is 2.39. The maximum Gasteiger partial charge on any atom is 0.414 e. The predicted octanol–water partition coefficient (Wildman–Crippen LogP) is 4.60. The zero-order valence-corrected chi connectivity index (χ0v) is 19.9. The van der Waals surface area contributed by atoms with Gasteiger partial charge in [0.1, 0.15) is 24.9 Å². The molecular formula is C25H28N2O6S. The Labute approximate surface area is 199 Å². The molecule has 1 saturated heterocycles. The molecule has 9 heteroatoms. The Hall–Kier alpha value is -3.04. The van der Waals surface area contributed by atoms with Crippen molar-refractivity contribution in [1.29, 1.82) is 0 Å². The Balaban J connectivity index is 1.25. The summed E-state index contributed by atoms with van der Waals surface area (Å²) in [6.07, 6.45) is 11.7. The molecule has 3 aliphatic heterocycles. The van der Waals surface area contributed by atoms with E-state index < -0.39 is 10.0 Å². The standard InChI is InChI=1S/C25H28N2O6S/c1-18-6-5-9-20-15-32-25(28)27(24(18)20)21-10-12-26(13-11-21)34(29,30)23-17-31-16-22(33-23)14-19-7-3-2-4-8-19/h2-3,5-7,9,16-17,21H,4,8,10-15H2,1H3. The monoisotopic (exact) mass is 484 g/mol. The smallest absolute Gasteiger partial charge is 0.414 e. The zero-order chi connectivity index (χ0) is 23.7. The van der Waals surface area contributed by atoms with Crippen molar-refractivity contribution in [3.05, 3.63) is 76.5 Å². The van der Waals surface area contributed by atoms with Gasteiger partial charge >= 0.3 is 6.09 Å². The van der Waals surface area contributed by atoms with Crippen LogP contribution in [-0.2, 0) is 30.8 Å². The van der Waals surface area contributed by atoms with Crippen LogP contribution in [0.5, 0.6) is 0 Å². The van der Waals surface area contributed by atoms with Crippen LogP contribution in [0.15, 0.2) is 65.4 Å². The lowest BCUT2D eigenvalue weighted by atomic mass is 10.00. The Morgan fingerprint density at radius 1 is 1.15 bits per heavy atom. The van der Waals surface area contributed by atoms with Crippen molar-refractivity contribution in [1.82, 2.24) is 4.31 Å². The minimum Gasteiger partial charge on any atom is -0.464 e. The Kier molecular flexibility index (Phi) is 6.22. The number of fused-ring (bicyclic) bond motifs is 1. The van der Waals surface area contributed by atoms with Gasteiger partial charge in [-0.05, 0) is 38.2 Å². The van der Waals surface area contributed by atoms with Crippen molar-refractivity contribution in [2.45, 2.75) is 51.7 Å². The van der Waals surface area contributed by atoms with Crippen LogP contribution in [0.1, 0.15) is 43.2 Å². The molecule has 0 saturated carbocycles. The number of hydrogen-bond donors (Lipinski definition) is 0. The van der Waals surface area contributed by atoms with Gasteiger partial charge in [0.05, 0.1) is 5.69 Å². The number of anilines is 1. The minimum absolute atomic E-state index is 0.140. The third kappa shape index (κ3) is 4.37. The van der Waals surface area contributed by atoms with Crippen molar-refractivity contribution in [3.63, 3.8) is 0 Å². The maximum atomic E-state index is 13.3. The van der Waals surface area contributed by atoms with Gasteiger partial charge in [0.2, 0.25) is 0 Å². The van der Waals surface area contributed by atoms with Crippen LogP contribution in [-0.4, -0.2) is 37.9 Å². The van der Waals surface area contributed by atoms with Crippen molar-refractivity contribution < 1.29 is 27.4 Å². The summed E-state index contributed by atoms with van der Waals surface area (Å²) in [5, 5.41) is -0.200. The summed E-state index contributed by atoms with van der Waals surface area (Å²) in [6.45, 7) is 2.77. The summed E-state index contributed by atoms with van der Waals surface area (Å²) in [6, 6.07) is 5.74. The minimum atomic E-state index is -3.86. The van der Waals surface area contributed by atoms with E-state index in [0.29, 0.717) is 25.0 Å². The van der Waals surface area contributed by atoms with Gasteiger partial charge in [-0.1, -0.05) is 42.0 Å². The van der Waals surface area contributed by atoms with Gasteiger partial charge in [-0.2, -0.15) is 4.31 Å². The number of ether oxygens (including phenoxy) is 3. The van der Waals surface area contributed by atoms with Gasteiger partial charge in [-0.25, -0.2) is 13.2 Å². The summed E-state index contributed by atoms with van der Waals surface area (Å²) in [5.74, 6) is 0.473. The molecule has 0 bridgehead atoms. The van der Waals surface area contributed by atoms with Crippen molar-refractivity contribution in [3.8, 4) is 0 Å². The predicted molar refractivity (Wildman–Crippen MR) is 127 cm³/mol. The SMILES string of the molecule is Cc1cccc2c1N(C1CCN(S(=O)(=O)C3=COC=C(CC4=CC=CCC4)O3)CC1)C(=O)OC2. The summed E-state index contributed by atoms with van der Waals surface area (Å²) < 4.78 is 44.4. The van der Waals surface area contributed by atoms with Crippen LogP contribution >= 0.6 is 0 Å². The fourth-order valence-corrected chi connectivity index (χ4v) is 6.17. The lowest BCUT2D eigenvalue weighted by Crippen LogP contribution is -2.51. The molecule has 8 nitrogen and oxygen atoms in total. The van der Waals surface area contributed by atoms with E-state index in [1.54, 1.807) is 4.90 Å². The molecule has 1 aliphatic carbocycles. The molecule has 1 fully saturated rings. The molecule has 0 radical (unpaired) electrons. The molecule has 0 atom stereocenters. The van der Waals surface area contributed by atoms with Crippen LogP contribution in [0.3, 0.4) is 0 Å². The number of aryl methyl sites for hydroxylation is 1. The first-order valence-corrected chi connectivity index (χ1v) is 13.0. The van der Waals surface area contributed by atoms with Gasteiger partial charge in [0.25, 0.3) is 15.1 Å². The number of nitrogens with zero attached hydrogens (tertiary/aromatic N) is 2. The fourth-order valence-electron chi connectivity index (χ4n) is 4.84. The van der Waals surface area contributed by atoms with Crippen LogP contribution in [0.4, 0.5) is 10.5 Å². The zero-order valence-electron chi connectivity index (χ0n) is 19.1. The van der Waals surface area contributed by atoms with Gasteiger partial charge in [-0.15, -0.1) is 0 Å². The number of para-hydroxylation sites is 1. The maximum absolute atomic E-state index is 13.3. The molecular weight excluding hydrogens is 456 g/mol. The van der Waals surface area contributed by atoms with Gasteiger partial charge in [0, 0.05) is 31.1 Å². The third-order valence-corrected chi connectivity index (χ3v) is 8.32. The largest absolute Gasteiger partial charge is 0.464 e. The van der Waals surface area contributed by atoms with Crippen molar-refractivity contribution in [2.75, 3.05) is 18.0 Å². The molecule has 180 valence electrons. The topological polar surface area (TPSA) is 85.4 Å². The van der Waals surface area contributed by atoms with E-state index in [4.69, 9.17) is 14.2 Å². The van der Waals surface area contributed by atoms with Gasteiger partial charge < -0.3 is 14.2 Å². The van der Waals surface area contributed by atoms with Crippen LogP contribution in [0, 0.1) is 6.92 Å². The molecule has 1 aromatic carbocycles. The van der Waals surface area contributed by atoms with E-state index in [1.807, 2.05) is 37.3 Å². The average molecular weight is 485 g/mol. The quantitative estimate of drug-likeness (QED) is 0.607. The highest BCUT2D eigenvalue weighted by atomic mass is 32.2. The molecule has 5 rings (SSSR count). The number of allylic oxidation sites excluding steroid dienone is 4. The molecule has 1 amide bonds. The Morgan fingerprint density at radius 3 is 2.74 bits per heavy atom. The van der Waals surface area contributed by atoms with E-state index in [2.05, 4.69) is 6.08 Å². The second-order valence-electron chi connectivity index (χ2n) is 8.87. The average Bonchev–Trinajstić information content (AvgIpc) is 2.85. The van der Waals surface area contributed by atoms with Crippen LogP contribution in [0.2, 0.25) is 0 Å². The molecule has 0 unspecified atom stereocenters. The molecule has 0 spiro atoms. The van der Waals surface area contributed by atoms with Crippen molar-refractivity contribution >= 4 is 21.8 Å². The molecule has 0 aromatic heterocycles. The number of cyclic esters (lactones) is 1. The summed E-state index contributed by atoms with van der Waals surface area (Å²) in [7, 11) is -3.86. The summed E-state index contributed by atoms with van der Waals surface area (Å²) >= 11 is 0. The molecule has 1 aromatic rings. The lowest BCUT2D eigenvalue weighted by Gasteiger charge is -2.40. The number of carbonyl (C=O) groups excluding carboxylic acids is 1. The number of benzene rings is 1. The Morgan fingerprint density at radius 2 is 1.97 bits per heavy atom. The number of rotatable bonds is 5. The number of sulfonamides is 1. The number of hydrogen-bond acceptors (Lipinski definition) is 6. The van der Waals surface area contributed by atoms with E-state index in [1.165, 1.54) is 16.1 Å². The second-order valence-corrected chi connectivity index (χ2v) is 10.7. The number of carbonyl (C=O) groups is 1. The molecule has 34 heavy (non-hydrogen) atoms. The first-order chi connectivity index (χ1) is 16.4. The molecule has 0 N–H and O–H groups in total. The van der Waals surface area contributed by atoms with E-state index in [0.717, 1.165) is 35.9 Å². The van der Waals surface area contributed by atoms with Gasteiger partial charge in [0.15, 0.2) is 0 Å². The summed E-state index contributed by atoms with van der Waals surface area (Å²) in [5.41, 5.74) is 4.02. The highest BCUT2D eigenvalue weighted by Crippen LogP contribution is 2.36. The summed E-state index contributed by atoms with van der Waals surface area (Å²) in [4.78, 5) is 14.3. The fraction of sp³-hybridized carbons (Fsp3) is 0.400. The van der Waals surface area contributed by atoms with E-state index in [-0.39, 0.29) is 36.9 Å². The van der Waals surface area contributed by atoms with Crippen LogP contribution in [0.25, 0.3) is 0 Å².